The molecule has 1 aliphatic carbocycles. The maximum atomic E-state index is 13.5. The molecule has 0 saturated carbocycles. The van der Waals surface area contributed by atoms with Crippen LogP contribution in [0.5, 0.6) is 5.75 Å². The topological polar surface area (TPSA) is 79.0 Å². The first kappa shape index (κ1) is 19.6. The van der Waals surface area contributed by atoms with Gasteiger partial charge in [0.05, 0.1) is 7.11 Å². The van der Waals surface area contributed by atoms with Crippen molar-refractivity contribution in [2.24, 2.45) is 0 Å². The van der Waals surface area contributed by atoms with Gasteiger partial charge in [0, 0.05) is 12.2 Å². The van der Waals surface area contributed by atoms with Crippen LogP contribution >= 0.6 is 0 Å². The molecule has 3 aliphatic rings. The van der Waals surface area contributed by atoms with Gasteiger partial charge in [0.1, 0.15) is 17.8 Å². The zero-order valence-corrected chi connectivity index (χ0v) is 17.5. The minimum absolute atomic E-state index is 0.238. The highest BCUT2D eigenvalue weighted by atomic mass is 16.5. The highest BCUT2D eigenvalue weighted by Crippen LogP contribution is 2.41. The van der Waals surface area contributed by atoms with Crippen LogP contribution in [-0.2, 0) is 28.0 Å². The summed E-state index contributed by atoms with van der Waals surface area (Å²) in [6, 6.07) is 12.9. The van der Waals surface area contributed by atoms with E-state index in [2.05, 4.69) is 5.32 Å². The molecule has 2 aromatic rings. The summed E-state index contributed by atoms with van der Waals surface area (Å²) in [5.74, 6) is 0.143. The summed E-state index contributed by atoms with van der Waals surface area (Å²) in [4.78, 5) is 42.3. The third-order valence-electron chi connectivity index (χ3n) is 6.65. The quantitative estimate of drug-likeness (QED) is 0.776. The van der Waals surface area contributed by atoms with E-state index in [-0.39, 0.29) is 18.4 Å². The van der Waals surface area contributed by atoms with E-state index < -0.39 is 11.6 Å². The zero-order chi connectivity index (χ0) is 21.6. The molecule has 160 valence electrons. The largest absolute Gasteiger partial charge is 0.497 e. The number of rotatable bonds is 3. The number of nitrogens with one attached hydrogen (secondary N) is 1. The van der Waals surface area contributed by atoms with Crippen molar-refractivity contribution < 1.29 is 19.1 Å². The van der Waals surface area contributed by atoms with Crippen LogP contribution < -0.4 is 15.0 Å². The minimum Gasteiger partial charge on any atom is -0.497 e. The lowest BCUT2D eigenvalue weighted by Gasteiger charge is -2.34. The number of anilines is 1. The fraction of sp³-hybridized carbons (Fsp3) is 0.375. The number of carbonyl (C=O) groups is 3. The number of urea groups is 1. The molecule has 1 fully saturated rings. The van der Waals surface area contributed by atoms with Gasteiger partial charge in [-0.1, -0.05) is 24.3 Å². The number of amides is 4. The van der Waals surface area contributed by atoms with Crippen molar-refractivity contribution in [2.45, 2.75) is 37.6 Å². The van der Waals surface area contributed by atoms with E-state index in [1.807, 2.05) is 42.5 Å². The summed E-state index contributed by atoms with van der Waals surface area (Å²) in [6.07, 6.45) is 3.90. The Kier molecular flexibility index (Phi) is 4.68. The number of nitrogens with zero attached hydrogens (tertiary/aromatic N) is 2. The molecule has 1 spiro atoms. The predicted molar refractivity (Wildman–Crippen MR) is 115 cm³/mol. The van der Waals surface area contributed by atoms with Gasteiger partial charge >= 0.3 is 6.03 Å². The highest BCUT2D eigenvalue weighted by molar-refractivity contribution is 6.11. The molecule has 7 nitrogen and oxygen atoms in total. The Morgan fingerprint density at radius 2 is 1.90 bits per heavy atom. The van der Waals surface area contributed by atoms with Crippen LogP contribution in [0.25, 0.3) is 0 Å². The molecule has 2 aliphatic heterocycles. The molecule has 4 amide bonds. The van der Waals surface area contributed by atoms with Crippen molar-refractivity contribution in [1.29, 1.82) is 0 Å². The third kappa shape index (κ3) is 3.07. The number of ether oxygens (including phenoxy) is 1. The fourth-order valence-electron chi connectivity index (χ4n) is 5.13. The van der Waals surface area contributed by atoms with Gasteiger partial charge in [-0.15, -0.1) is 0 Å². The van der Waals surface area contributed by atoms with E-state index in [1.165, 1.54) is 0 Å². The average Bonchev–Trinajstić information content (AvgIpc) is 3.03. The first-order valence-corrected chi connectivity index (χ1v) is 10.7. The van der Waals surface area contributed by atoms with E-state index in [4.69, 9.17) is 4.74 Å². The summed E-state index contributed by atoms with van der Waals surface area (Å²) in [6.45, 7) is 0.333. The van der Waals surface area contributed by atoms with Gasteiger partial charge in [0.2, 0.25) is 5.91 Å². The number of imide groups is 1. The van der Waals surface area contributed by atoms with Crippen LogP contribution in [-0.4, -0.2) is 42.9 Å². The summed E-state index contributed by atoms with van der Waals surface area (Å²) in [7, 11) is 1.61. The summed E-state index contributed by atoms with van der Waals surface area (Å²) >= 11 is 0. The number of hydrogen-bond donors (Lipinski definition) is 1. The second-order valence-electron chi connectivity index (χ2n) is 8.38. The van der Waals surface area contributed by atoms with Gasteiger partial charge in [-0.3, -0.25) is 14.5 Å². The van der Waals surface area contributed by atoms with E-state index >= 15 is 0 Å². The number of aryl methyl sites for hydroxylation is 2. The molecular formula is C24H25N3O4. The van der Waals surface area contributed by atoms with Gasteiger partial charge in [-0.25, -0.2) is 4.79 Å². The van der Waals surface area contributed by atoms with Crippen molar-refractivity contribution in [1.82, 2.24) is 10.2 Å². The molecule has 7 heteroatoms. The minimum atomic E-state index is -1.10. The SMILES string of the molecule is COc1ccc2c(c1)CCCC21NC(=O)N(CC(=O)N2CCCc3ccccc32)C1=O. The van der Waals surface area contributed by atoms with Crippen LogP contribution in [0.2, 0.25) is 0 Å². The lowest BCUT2D eigenvalue weighted by Crippen LogP contribution is -2.48. The molecule has 5 rings (SSSR count). The Labute approximate surface area is 181 Å². The van der Waals surface area contributed by atoms with E-state index in [1.54, 1.807) is 12.0 Å². The molecule has 1 saturated heterocycles. The monoisotopic (exact) mass is 419 g/mol. The van der Waals surface area contributed by atoms with Crippen LogP contribution in [0, 0.1) is 0 Å². The van der Waals surface area contributed by atoms with Crippen molar-refractivity contribution >= 4 is 23.5 Å². The second kappa shape index (κ2) is 7.41. The molecule has 2 aromatic carbocycles. The smallest absolute Gasteiger partial charge is 0.325 e. The molecule has 0 aromatic heterocycles. The number of benzene rings is 2. The van der Waals surface area contributed by atoms with Crippen molar-refractivity contribution in [2.75, 3.05) is 25.1 Å². The zero-order valence-electron chi connectivity index (χ0n) is 17.5. The molecule has 1 unspecified atom stereocenters. The summed E-state index contributed by atoms with van der Waals surface area (Å²) in [5, 5.41) is 2.92. The van der Waals surface area contributed by atoms with Crippen molar-refractivity contribution in [3.8, 4) is 5.75 Å². The van der Waals surface area contributed by atoms with Crippen LogP contribution in [0.4, 0.5) is 10.5 Å². The van der Waals surface area contributed by atoms with Gasteiger partial charge < -0.3 is 15.0 Å². The summed E-state index contributed by atoms with van der Waals surface area (Å²) in [5.41, 5.74) is 2.69. The average molecular weight is 419 g/mol. The fourth-order valence-corrected chi connectivity index (χ4v) is 5.13. The molecule has 0 radical (unpaired) electrons. The predicted octanol–water partition coefficient (Wildman–Crippen LogP) is 2.76. The molecule has 0 bridgehead atoms. The third-order valence-corrected chi connectivity index (χ3v) is 6.65. The molecule has 2 heterocycles. The standard InChI is InChI=1S/C24H25N3O4/c1-31-18-10-11-19-17(14-18)7-4-12-24(19)22(29)27(23(30)25-24)15-21(28)26-13-5-8-16-6-2-3-9-20(16)26/h2-3,6,9-11,14H,4-5,7-8,12-13,15H2,1H3,(H,25,30). The van der Waals surface area contributed by atoms with E-state index in [0.717, 1.165) is 58.7 Å². The van der Waals surface area contributed by atoms with Gasteiger partial charge in [0.25, 0.3) is 5.91 Å². The van der Waals surface area contributed by atoms with Gasteiger partial charge in [-0.2, -0.15) is 0 Å². The van der Waals surface area contributed by atoms with Gasteiger partial charge in [0.15, 0.2) is 0 Å². The Morgan fingerprint density at radius 3 is 2.74 bits per heavy atom. The number of hydrogen-bond acceptors (Lipinski definition) is 4. The maximum absolute atomic E-state index is 13.5. The number of fused-ring (bicyclic) bond motifs is 3. The van der Waals surface area contributed by atoms with Crippen LogP contribution in [0.1, 0.15) is 36.0 Å². The molecular weight excluding hydrogens is 394 g/mol. The molecule has 1 atom stereocenters. The van der Waals surface area contributed by atoms with Crippen molar-refractivity contribution in [3.63, 3.8) is 0 Å². The van der Waals surface area contributed by atoms with E-state index in [9.17, 15) is 14.4 Å². The molecule has 1 N–H and O–H groups in total. The van der Waals surface area contributed by atoms with Gasteiger partial charge in [-0.05, 0) is 67.0 Å². The number of para-hydroxylation sites is 1. The lowest BCUT2D eigenvalue weighted by atomic mass is 9.76. The first-order chi connectivity index (χ1) is 15.0. The Balaban J connectivity index is 1.42. The van der Waals surface area contributed by atoms with Crippen molar-refractivity contribution in [3.05, 3.63) is 59.2 Å². The lowest BCUT2D eigenvalue weighted by molar-refractivity contribution is -0.135. The Bertz CT molecular complexity index is 1080. The second-order valence-corrected chi connectivity index (χ2v) is 8.38. The number of carbonyl (C=O) groups excluding carboxylic acids is 3. The van der Waals surface area contributed by atoms with E-state index in [0.29, 0.717) is 13.0 Å². The maximum Gasteiger partial charge on any atom is 0.325 e. The van der Waals surface area contributed by atoms with Crippen LogP contribution in [0.3, 0.4) is 0 Å². The molecule has 31 heavy (non-hydrogen) atoms. The Morgan fingerprint density at radius 1 is 1.10 bits per heavy atom. The number of methoxy groups -OCH3 is 1. The Hall–Kier alpha value is -3.35. The summed E-state index contributed by atoms with van der Waals surface area (Å²) < 4.78 is 5.32. The normalized spacial score (nSPS) is 22.2. The highest BCUT2D eigenvalue weighted by Gasteiger charge is 2.54. The van der Waals surface area contributed by atoms with Crippen LogP contribution in [0.15, 0.2) is 42.5 Å². The first-order valence-electron chi connectivity index (χ1n) is 10.7.